The summed E-state index contributed by atoms with van der Waals surface area (Å²) in [5, 5.41) is 0. The minimum absolute atomic E-state index is 0.351. The number of ketones is 1. The molecule has 0 fully saturated rings. The molecule has 21 heavy (non-hydrogen) atoms. The Morgan fingerprint density at radius 3 is 2.05 bits per heavy atom. The van der Waals surface area contributed by atoms with E-state index in [1.807, 2.05) is 71.3 Å². The fourth-order valence-corrected chi connectivity index (χ4v) is 2.38. The van der Waals surface area contributed by atoms with E-state index < -0.39 is 5.78 Å². The molecule has 102 valence electrons. The second-order valence-corrected chi connectivity index (χ2v) is 4.62. The first-order chi connectivity index (χ1) is 10.3. The van der Waals surface area contributed by atoms with E-state index in [1.165, 1.54) is 0 Å². The van der Waals surface area contributed by atoms with Crippen LogP contribution in [-0.2, 0) is 4.79 Å². The molecule has 3 aromatic rings. The highest BCUT2D eigenvalue weighted by atomic mass is 16.2. The zero-order chi connectivity index (χ0) is 14.7. The van der Waals surface area contributed by atoms with Gasteiger partial charge in [-0.25, -0.2) is 0 Å². The van der Waals surface area contributed by atoms with Gasteiger partial charge in [-0.15, -0.1) is 0 Å². The third-order valence-corrected chi connectivity index (χ3v) is 3.32. The lowest BCUT2D eigenvalue weighted by molar-refractivity contribution is -0.104. The van der Waals surface area contributed by atoms with Crippen LogP contribution in [0.4, 0.5) is 0 Å². The van der Waals surface area contributed by atoms with Crippen molar-refractivity contribution in [3.05, 3.63) is 78.5 Å². The molecule has 0 unspecified atom stereocenters. The van der Waals surface area contributed by atoms with Gasteiger partial charge in [0.2, 0.25) is 5.78 Å². The van der Waals surface area contributed by atoms with Crippen LogP contribution in [0.5, 0.6) is 0 Å². The van der Waals surface area contributed by atoms with E-state index in [0.29, 0.717) is 12.0 Å². The highest BCUT2D eigenvalue weighted by molar-refractivity contribution is 6.33. The Bertz CT molecular complexity index is 773. The maximum atomic E-state index is 11.9. The number of Topliss-reactive ketones (excluding diaryl/α,β-unsaturated/α-hetero) is 1. The third-order valence-electron chi connectivity index (χ3n) is 3.32. The van der Waals surface area contributed by atoms with E-state index in [4.69, 9.17) is 0 Å². The number of rotatable bonds is 4. The van der Waals surface area contributed by atoms with Crippen LogP contribution >= 0.6 is 0 Å². The molecule has 1 heterocycles. The molecule has 2 aromatic carbocycles. The lowest BCUT2D eigenvalue weighted by atomic mass is 10.1. The summed E-state index contributed by atoms with van der Waals surface area (Å²) in [6.07, 6.45) is 0.351. The van der Waals surface area contributed by atoms with Gasteiger partial charge >= 0.3 is 0 Å². The molecule has 0 aliphatic rings. The van der Waals surface area contributed by atoms with Crippen molar-refractivity contribution in [3.8, 4) is 16.9 Å². The average Bonchev–Trinajstić information content (AvgIpc) is 3.00. The molecule has 0 bridgehead atoms. The summed E-state index contributed by atoms with van der Waals surface area (Å²) in [4.78, 5) is 22.7. The van der Waals surface area contributed by atoms with Crippen LogP contribution in [0, 0.1) is 0 Å². The van der Waals surface area contributed by atoms with Crippen LogP contribution in [-0.4, -0.2) is 16.6 Å². The highest BCUT2D eigenvalue weighted by Crippen LogP contribution is 2.26. The van der Waals surface area contributed by atoms with E-state index in [1.54, 1.807) is 6.07 Å². The van der Waals surface area contributed by atoms with Gasteiger partial charge in [-0.05, 0) is 29.8 Å². The molecule has 3 nitrogen and oxygen atoms in total. The lowest BCUT2D eigenvalue weighted by Gasteiger charge is -2.12. The molecule has 0 aliphatic heterocycles. The number of hydrogen-bond acceptors (Lipinski definition) is 2. The molecule has 0 aliphatic carbocycles. The summed E-state index contributed by atoms with van der Waals surface area (Å²) in [6, 6.07) is 22.9. The number of aromatic nitrogens is 1. The molecular weight excluding hydrogens is 262 g/mol. The summed E-state index contributed by atoms with van der Waals surface area (Å²) in [6.45, 7) is 0. The topological polar surface area (TPSA) is 39.1 Å². The van der Waals surface area contributed by atoms with Crippen molar-refractivity contribution < 1.29 is 9.59 Å². The molecule has 3 rings (SSSR count). The molecular formula is C18H13NO2. The first-order valence-corrected chi connectivity index (χ1v) is 6.63. The molecule has 0 atom stereocenters. The second kappa shape index (κ2) is 5.59. The van der Waals surface area contributed by atoms with Crippen LogP contribution < -0.4 is 0 Å². The van der Waals surface area contributed by atoms with Crippen molar-refractivity contribution in [2.45, 2.75) is 0 Å². The van der Waals surface area contributed by atoms with Crippen molar-refractivity contribution in [1.29, 1.82) is 0 Å². The Kier molecular flexibility index (Phi) is 3.48. The Morgan fingerprint density at radius 1 is 0.810 bits per heavy atom. The SMILES string of the molecule is O=CC(=O)c1ccc(-c2ccccc2)n1-c1ccccc1. The second-order valence-electron chi connectivity index (χ2n) is 4.62. The molecule has 0 saturated carbocycles. The predicted molar refractivity (Wildman–Crippen MR) is 81.6 cm³/mol. The normalized spacial score (nSPS) is 10.3. The number of carbonyl (C=O) groups is 2. The first kappa shape index (κ1) is 13.1. The van der Waals surface area contributed by atoms with Gasteiger partial charge in [0.1, 0.15) is 0 Å². The van der Waals surface area contributed by atoms with Gasteiger partial charge in [0, 0.05) is 5.69 Å². The van der Waals surface area contributed by atoms with E-state index >= 15 is 0 Å². The minimum atomic E-state index is -0.527. The zero-order valence-electron chi connectivity index (χ0n) is 11.3. The number of carbonyl (C=O) groups excluding carboxylic acids is 2. The van der Waals surface area contributed by atoms with Crippen LogP contribution in [0.1, 0.15) is 10.5 Å². The summed E-state index contributed by atoms with van der Waals surface area (Å²) >= 11 is 0. The number of aldehydes is 1. The Labute approximate surface area is 122 Å². The van der Waals surface area contributed by atoms with Gasteiger partial charge in [0.15, 0.2) is 6.29 Å². The maximum Gasteiger partial charge on any atom is 0.242 e. The number of benzene rings is 2. The van der Waals surface area contributed by atoms with Gasteiger partial charge in [-0.2, -0.15) is 0 Å². The van der Waals surface area contributed by atoms with Crippen molar-refractivity contribution >= 4 is 12.1 Å². The van der Waals surface area contributed by atoms with E-state index in [-0.39, 0.29) is 0 Å². The average molecular weight is 275 g/mol. The Morgan fingerprint density at radius 2 is 1.43 bits per heavy atom. The van der Waals surface area contributed by atoms with Crippen molar-refractivity contribution in [2.75, 3.05) is 0 Å². The lowest BCUT2D eigenvalue weighted by Crippen LogP contribution is -2.09. The largest absolute Gasteiger partial charge is 0.306 e. The Hall–Kier alpha value is -2.94. The standard InChI is InChI=1S/C18H13NO2/c20-13-18(21)17-12-11-16(14-7-3-1-4-8-14)19(17)15-9-5-2-6-10-15/h1-13H. The first-order valence-electron chi connectivity index (χ1n) is 6.63. The number of hydrogen-bond donors (Lipinski definition) is 0. The molecule has 0 N–H and O–H groups in total. The van der Waals surface area contributed by atoms with Gasteiger partial charge in [0.25, 0.3) is 0 Å². The minimum Gasteiger partial charge on any atom is -0.306 e. The Balaban J connectivity index is 2.25. The van der Waals surface area contributed by atoms with Gasteiger partial charge in [-0.1, -0.05) is 48.5 Å². The van der Waals surface area contributed by atoms with Crippen LogP contribution in [0.25, 0.3) is 16.9 Å². The number of nitrogens with zero attached hydrogens (tertiary/aromatic N) is 1. The van der Waals surface area contributed by atoms with Gasteiger partial charge in [-0.3, -0.25) is 9.59 Å². The fourth-order valence-electron chi connectivity index (χ4n) is 2.38. The van der Waals surface area contributed by atoms with Crippen LogP contribution in [0.15, 0.2) is 72.8 Å². The van der Waals surface area contributed by atoms with Gasteiger partial charge < -0.3 is 4.57 Å². The summed E-state index contributed by atoms with van der Waals surface area (Å²) in [7, 11) is 0. The predicted octanol–water partition coefficient (Wildman–Crippen LogP) is 3.53. The fraction of sp³-hybridized carbons (Fsp3) is 0. The quantitative estimate of drug-likeness (QED) is 0.415. The molecule has 1 aromatic heterocycles. The summed E-state index contributed by atoms with van der Waals surface area (Å²) in [5.41, 5.74) is 3.10. The zero-order valence-corrected chi connectivity index (χ0v) is 11.3. The molecule has 0 amide bonds. The van der Waals surface area contributed by atoms with Crippen LogP contribution in [0.3, 0.4) is 0 Å². The van der Waals surface area contributed by atoms with Crippen molar-refractivity contribution in [1.82, 2.24) is 4.57 Å². The van der Waals surface area contributed by atoms with E-state index in [0.717, 1.165) is 16.9 Å². The smallest absolute Gasteiger partial charge is 0.242 e. The van der Waals surface area contributed by atoms with Crippen molar-refractivity contribution in [2.24, 2.45) is 0 Å². The molecule has 3 heteroatoms. The summed E-state index contributed by atoms with van der Waals surface area (Å²) in [5.74, 6) is -0.527. The van der Waals surface area contributed by atoms with E-state index in [2.05, 4.69) is 0 Å². The highest BCUT2D eigenvalue weighted by Gasteiger charge is 2.16. The van der Waals surface area contributed by atoms with Crippen molar-refractivity contribution in [3.63, 3.8) is 0 Å². The summed E-state index contributed by atoms with van der Waals surface area (Å²) < 4.78 is 1.81. The maximum absolute atomic E-state index is 11.9. The monoisotopic (exact) mass is 275 g/mol. The molecule has 0 radical (unpaired) electrons. The van der Waals surface area contributed by atoms with Crippen LogP contribution in [0.2, 0.25) is 0 Å². The number of para-hydroxylation sites is 1. The molecule has 0 spiro atoms. The van der Waals surface area contributed by atoms with Gasteiger partial charge in [0.05, 0.1) is 11.4 Å². The third kappa shape index (κ3) is 2.41. The molecule has 0 saturated heterocycles. The van der Waals surface area contributed by atoms with E-state index in [9.17, 15) is 9.59 Å².